The third-order valence-corrected chi connectivity index (χ3v) is 7.88. The van der Waals surface area contributed by atoms with Crippen LogP contribution in [0.15, 0.2) is 0 Å². The first-order valence-electron chi connectivity index (χ1n) is 10.8. The summed E-state index contributed by atoms with van der Waals surface area (Å²) in [6, 6.07) is 1.50. The maximum Gasteiger partial charge on any atom is 0.0690 e. The van der Waals surface area contributed by atoms with Gasteiger partial charge in [-0.05, 0) is 45.2 Å². The van der Waals surface area contributed by atoms with Crippen LogP contribution < -0.4 is 5.32 Å². The van der Waals surface area contributed by atoms with Gasteiger partial charge in [-0.3, -0.25) is 4.90 Å². The highest BCUT2D eigenvalue weighted by molar-refractivity contribution is 5.18. The van der Waals surface area contributed by atoms with E-state index < -0.39 is 0 Å². The van der Waals surface area contributed by atoms with Crippen molar-refractivity contribution in [2.24, 2.45) is 11.3 Å². The number of piperidine rings is 1. The van der Waals surface area contributed by atoms with E-state index in [1.54, 1.807) is 0 Å². The summed E-state index contributed by atoms with van der Waals surface area (Å²) in [5.74, 6) is 0.819. The van der Waals surface area contributed by atoms with Gasteiger partial charge in [0.15, 0.2) is 0 Å². The Morgan fingerprint density at radius 1 is 0.880 bits per heavy atom. The SMILES string of the molecule is C1CC2(C1)C(NC1CCN(CCN3CCOCC3)CC1)C1CCOC12. The number of fused-ring (bicyclic) bond motifs is 2. The Hall–Kier alpha value is -0.200. The second-order valence-electron chi connectivity index (χ2n) is 9.04. The highest BCUT2D eigenvalue weighted by atomic mass is 16.5. The average molecular weight is 350 g/mol. The molecule has 2 saturated carbocycles. The minimum atomic E-state index is 0.536. The Morgan fingerprint density at radius 3 is 2.28 bits per heavy atom. The van der Waals surface area contributed by atoms with Gasteiger partial charge in [-0.25, -0.2) is 0 Å². The predicted octanol–water partition coefficient (Wildman–Crippen LogP) is 1.33. The fourth-order valence-electron chi connectivity index (χ4n) is 6.18. The first-order valence-corrected chi connectivity index (χ1v) is 10.8. The first kappa shape index (κ1) is 16.9. The molecule has 1 N–H and O–H groups in total. The molecule has 1 spiro atoms. The lowest BCUT2D eigenvalue weighted by Crippen LogP contribution is -2.72. The number of hydrogen-bond acceptors (Lipinski definition) is 5. The van der Waals surface area contributed by atoms with Crippen molar-refractivity contribution < 1.29 is 9.47 Å². The number of rotatable bonds is 5. The van der Waals surface area contributed by atoms with E-state index in [9.17, 15) is 0 Å². The Morgan fingerprint density at radius 2 is 1.60 bits per heavy atom. The van der Waals surface area contributed by atoms with Crippen LogP contribution in [-0.4, -0.2) is 87.1 Å². The van der Waals surface area contributed by atoms with Crippen LogP contribution in [0.5, 0.6) is 0 Å². The van der Waals surface area contributed by atoms with E-state index in [1.165, 1.54) is 64.7 Å². The van der Waals surface area contributed by atoms with Crippen LogP contribution >= 0.6 is 0 Å². The van der Waals surface area contributed by atoms with Crippen LogP contribution in [0, 0.1) is 11.3 Å². The molecule has 5 rings (SSSR count). The maximum atomic E-state index is 6.07. The molecule has 3 heterocycles. The second-order valence-corrected chi connectivity index (χ2v) is 9.04. The van der Waals surface area contributed by atoms with Gasteiger partial charge in [0.25, 0.3) is 0 Å². The van der Waals surface area contributed by atoms with Gasteiger partial charge >= 0.3 is 0 Å². The first-order chi connectivity index (χ1) is 12.4. The molecule has 0 aromatic rings. The zero-order valence-corrected chi connectivity index (χ0v) is 15.6. The van der Waals surface area contributed by atoms with Gasteiger partial charge in [0.05, 0.1) is 19.3 Å². The number of likely N-dealkylation sites (tertiary alicyclic amines) is 1. The molecule has 3 atom stereocenters. The van der Waals surface area contributed by atoms with Crippen molar-refractivity contribution in [3.8, 4) is 0 Å². The monoisotopic (exact) mass is 349 g/mol. The molecular weight excluding hydrogens is 314 g/mol. The van der Waals surface area contributed by atoms with Gasteiger partial charge in [-0.2, -0.15) is 0 Å². The molecule has 0 aromatic heterocycles. The fourth-order valence-corrected chi connectivity index (χ4v) is 6.18. The largest absolute Gasteiger partial charge is 0.379 e. The van der Waals surface area contributed by atoms with Crippen LogP contribution in [0.3, 0.4) is 0 Å². The molecule has 0 radical (unpaired) electrons. The van der Waals surface area contributed by atoms with Crippen LogP contribution in [0.1, 0.15) is 38.5 Å². The quantitative estimate of drug-likeness (QED) is 0.810. The van der Waals surface area contributed by atoms with Crippen molar-refractivity contribution in [1.82, 2.24) is 15.1 Å². The van der Waals surface area contributed by atoms with Crippen molar-refractivity contribution in [1.29, 1.82) is 0 Å². The molecule has 25 heavy (non-hydrogen) atoms. The zero-order chi connectivity index (χ0) is 16.7. The fraction of sp³-hybridized carbons (Fsp3) is 1.00. The Labute approximate surface area is 152 Å². The summed E-state index contributed by atoms with van der Waals surface area (Å²) < 4.78 is 11.5. The summed E-state index contributed by atoms with van der Waals surface area (Å²) in [4.78, 5) is 5.23. The molecule has 0 bridgehead atoms. The number of nitrogens with zero attached hydrogens (tertiary/aromatic N) is 2. The highest BCUT2D eigenvalue weighted by Gasteiger charge is 2.66. The Kier molecular flexibility index (Phi) is 4.80. The lowest BCUT2D eigenvalue weighted by molar-refractivity contribution is -0.179. The number of hydrogen-bond donors (Lipinski definition) is 1. The van der Waals surface area contributed by atoms with Crippen LogP contribution in [0.4, 0.5) is 0 Å². The van der Waals surface area contributed by atoms with Gasteiger partial charge in [-0.1, -0.05) is 6.42 Å². The van der Waals surface area contributed by atoms with Crippen molar-refractivity contribution in [3.05, 3.63) is 0 Å². The lowest BCUT2D eigenvalue weighted by atomic mass is 9.46. The van der Waals surface area contributed by atoms with E-state index in [1.807, 2.05) is 0 Å². The minimum Gasteiger partial charge on any atom is -0.379 e. The minimum absolute atomic E-state index is 0.536. The Balaban J connectivity index is 1.07. The molecule has 5 aliphatic rings. The van der Waals surface area contributed by atoms with E-state index in [2.05, 4.69) is 15.1 Å². The van der Waals surface area contributed by atoms with Crippen LogP contribution in [0.25, 0.3) is 0 Å². The van der Waals surface area contributed by atoms with Gasteiger partial charge in [0.2, 0.25) is 0 Å². The summed E-state index contributed by atoms with van der Waals surface area (Å²) in [6.07, 6.45) is 8.79. The number of nitrogens with one attached hydrogen (secondary N) is 1. The lowest BCUT2D eigenvalue weighted by Gasteiger charge is -2.64. The molecule has 5 fully saturated rings. The Bertz CT molecular complexity index is 456. The van der Waals surface area contributed by atoms with Gasteiger partial charge < -0.3 is 19.7 Å². The van der Waals surface area contributed by atoms with Gasteiger partial charge in [-0.15, -0.1) is 0 Å². The van der Waals surface area contributed by atoms with E-state index in [0.717, 1.165) is 50.9 Å². The van der Waals surface area contributed by atoms with Crippen LogP contribution in [0.2, 0.25) is 0 Å². The molecule has 3 saturated heterocycles. The van der Waals surface area contributed by atoms with Gasteiger partial charge in [0.1, 0.15) is 0 Å². The summed E-state index contributed by atoms with van der Waals surface area (Å²) >= 11 is 0. The average Bonchev–Trinajstić information content (AvgIpc) is 3.04. The van der Waals surface area contributed by atoms with Gasteiger partial charge in [0, 0.05) is 56.2 Å². The van der Waals surface area contributed by atoms with E-state index in [-0.39, 0.29) is 0 Å². The molecule has 5 heteroatoms. The molecule has 3 aliphatic heterocycles. The molecule has 0 aromatic carbocycles. The predicted molar refractivity (Wildman–Crippen MR) is 97.8 cm³/mol. The number of morpholine rings is 1. The van der Waals surface area contributed by atoms with E-state index in [4.69, 9.17) is 9.47 Å². The normalized spacial score (nSPS) is 39.1. The molecule has 0 amide bonds. The molecule has 3 unspecified atom stereocenters. The standard InChI is InChI=1S/C20H35N3O2/c1-5-20(6-1)18(17-4-13-25-19(17)20)21-16-2-7-22(8-3-16)9-10-23-11-14-24-15-12-23/h16-19,21H,1-15H2. The van der Waals surface area contributed by atoms with E-state index >= 15 is 0 Å². The molecule has 5 nitrogen and oxygen atoms in total. The number of ether oxygens (including phenoxy) is 2. The topological polar surface area (TPSA) is 37.0 Å². The summed E-state index contributed by atoms with van der Waals surface area (Å²) in [5.41, 5.74) is 0.536. The third kappa shape index (κ3) is 3.06. The maximum absolute atomic E-state index is 6.07. The van der Waals surface area contributed by atoms with Crippen molar-refractivity contribution in [2.75, 3.05) is 59.1 Å². The van der Waals surface area contributed by atoms with Crippen molar-refractivity contribution in [3.63, 3.8) is 0 Å². The third-order valence-electron chi connectivity index (χ3n) is 7.88. The molecule has 142 valence electrons. The molecule has 2 aliphatic carbocycles. The van der Waals surface area contributed by atoms with Crippen molar-refractivity contribution in [2.45, 2.75) is 56.7 Å². The van der Waals surface area contributed by atoms with E-state index in [0.29, 0.717) is 11.5 Å². The second kappa shape index (κ2) is 7.08. The highest BCUT2D eigenvalue weighted by Crippen LogP contribution is 2.62. The molecular formula is C20H35N3O2. The van der Waals surface area contributed by atoms with Crippen molar-refractivity contribution >= 4 is 0 Å². The smallest absolute Gasteiger partial charge is 0.0690 e. The summed E-state index contributed by atoms with van der Waals surface area (Å²) in [6.45, 7) is 10.1. The van der Waals surface area contributed by atoms with Crippen LogP contribution in [-0.2, 0) is 9.47 Å². The summed E-state index contributed by atoms with van der Waals surface area (Å²) in [7, 11) is 0. The summed E-state index contributed by atoms with van der Waals surface area (Å²) in [5, 5.41) is 4.11. The zero-order valence-electron chi connectivity index (χ0n) is 15.6.